The second-order valence-corrected chi connectivity index (χ2v) is 12.1. The van der Waals surface area contributed by atoms with Gasteiger partial charge in [0.1, 0.15) is 11.9 Å². The molecule has 1 saturated carbocycles. The fourth-order valence-electron chi connectivity index (χ4n) is 4.53. The van der Waals surface area contributed by atoms with Gasteiger partial charge < -0.3 is 19.9 Å². The molecule has 0 unspecified atom stereocenters. The Morgan fingerprint density at radius 1 is 0.975 bits per heavy atom. The molecule has 0 bridgehead atoms. The first kappa shape index (κ1) is 31.9. The van der Waals surface area contributed by atoms with Gasteiger partial charge >= 0.3 is 5.97 Å². The van der Waals surface area contributed by atoms with Crippen LogP contribution >= 0.6 is 24.0 Å². The molecule has 1 fully saturated rings. The Labute approximate surface area is 247 Å². The Morgan fingerprint density at radius 2 is 1.62 bits per heavy atom. The molecular formula is C30H35Cl2NO6S. The van der Waals surface area contributed by atoms with Crippen molar-refractivity contribution in [3.63, 3.8) is 0 Å². The van der Waals surface area contributed by atoms with Crippen molar-refractivity contribution in [3.05, 3.63) is 88.9 Å². The summed E-state index contributed by atoms with van der Waals surface area (Å²) in [5, 5.41) is 14.1. The van der Waals surface area contributed by atoms with Crippen molar-refractivity contribution >= 4 is 39.8 Å². The predicted octanol–water partition coefficient (Wildman–Crippen LogP) is 5.72. The summed E-state index contributed by atoms with van der Waals surface area (Å²) < 4.78 is 37.1. The van der Waals surface area contributed by atoms with Gasteiger partial charge in [-0.05, 0) is 98.3 Å². The van der Waals surface area contributed by atoms with Gasteiger partial charge in [0.15, 0.2) is 6.61 Å². The predicted molar refractivity (Wildman–Crippen MR) is 157 cm³/mol. The summed E-state index contributed by atoms with van der Waals surface area (Å²) >= 11 is 5.98. The maximum Gasteiger partial charge on any atom is 0.344 e. The second-order valence-electron chi connectivity index (χ2n) is 9.68. The first-order valence-corrected chi connectivity index (χ1v) is 15.1. The number of aliphatic hydroxyl groups excluding tert-OH is 1. The molecule has 0 amide bonds. The molecule has 0 saturated heterocycles. The molecule has 0 spiro atoms. The van der Waals surface area contributed by atoms with E-state index in [1.54, 1.807) is 54.6 Å². The third-order valence-electron chi connectivity index (χ3n) is 6.74. The lowest BCUT2D eigenvalue weighted by molar-refractivity contribution is -0.152. The number of carbonyl (C=O) groups is 1. The van der Waals surface area contributed by atoms with Crippen LogP contribution in [0.1, 0.15) is 49.3 Å². The number of rotatable bonds is 12. The van der Waals surface area contributed by atoms with Crippen LogP contribution in [0.2, 0.25) is 5.02 Å². The smallest absolute Gasteiger partial charge is 0.344 e. The average Bonchev–Trinajstić information content (AvgIpc) is 2.95. The molecule has 0 aliphatic heterocycles. The minimum absolute atomic E-state index is 0. The van der Waals surface area contributed by atoms with Gasteiger partial charge in [0.2, 0.25) is 9.84 Å². The van der Waals surface area contributed by atoms with Gasteiger partial charge in [-0.15, -0.1) is 12.4 Å². The van der Waals surface area contributed by atoms with E-state index < -0.39 is 21.9 Å². The minimum atomic E-state index is -3.70. The molecule has 3 aromatic rings. The van der Waals surface area contributed by atoms with Crippen molar-refractivity contribution in [3.8, 4) is 5.75 Å². The van der Waals surface area contributed by atoms with Crippen molar-refractivity contribution in [2.24, 2.45) is 0 Å². The zero-order valence-electron chi connectivity index (χ0n) is 22.1. The highest BCUT2D eigenvalue weighted by molar-refractivity contribution is 7.91. The number of benzene rings is 3. The Balaban J connectivity index is 0.00000441. The topological polar surface area (TPSA) is 102 Å². The van der Waals surface area contributed by atoms with Gasteiger partial charge in [-0.3, -0.25) is 0 Å². The van der Waals surface area contributed by atoms with Crippen LogP contribution in [0.3, 0.4) is 0 Å². The molecule has 40 heavy (non-hydrogen) atoms. The Bertz CT molecular complexity index is 1330. The van der Waals surface area contributed by atoms with Gasteiger partial charge in [-0.2, -0.15) is 0 Å². The first-order chi connectivity index (χ1) is 18.8. The Hall–Kier alpha value is -2.62. The third-order valence-corrected chi connectivity index (χ3v) is 8.76. The van der Waals surface area contributed by atoms with E-state index in [9.17, 15) is 18.3 Å². The minimum Gasteiger partial charge on any atom is -0.482 e. The van der Waals surface area contributed by atoms with Crippen LogP contribution in [-0.2, 0) is 25.8 Å². The fourth-order valence-corrected chi connectivity index (χ4v) is 5.99. The molecule has 10 heteroatoms. The molecule has 0 radical (unpaired) electrons. The zero-order chi connectivity index (χ0) is 27.7. The molecule has 3 aromatic carbocycles. The van der Waals surface area contributed by atoms with Gasteiger partial charge in [0, 0.05) is 11.6 Å². The number of hydrogen-bond acceptors (Lipinski definition) is 7. The summed E-state index contributed by atoms with van der Waals surface area (Å²) in [6, 6.07) is 19.9. The molecular weight excluding hydrogens is 573 g/mol. The SMILES string of the molecule is Cl.O=C(COc1ccc(S(=O)(=O)c2ccc(CCNC[C@H](O)c3cccc(Cl)c3)cc2)cc1)OC1CCCCC1. The van der Waals surface area contributed by atoms with Crippen molar-refractivity contribution in [1.29, 1.82) is 0 Å². The van der Waals surface area contributed by atoms with Crippen LogP contribution in [0.4, 0.5) is 0 Å². The van der Waals surface area contributed by atoms with Gasteiger partial charge in [-0.25, -0.2) is 13.2 Å². The summed E-state index contributed by atoms with van der Waals surface area (Å²) in [6.45, 7) is 0.798. The standard InChI is InChI=1S/C30H34ClNO6S.ClH/c31-24-6-4-5-23(19-24)29(33)20-32-18-17-22-9-13-27(14-10-22)39(35,36)28-15-11-25(12-16-28)37-21-30(34)38-26-7-2-1-3-8-26;/h4-6,9-16,19,26,29,32-33H,1-3,7-8,17-18,20-21H2;1H/t29-;/m0./s1. The van der Waals surface area contributed by atoms with Crippen molar-refractivity contribution in [2.75, 3.05) is 19.7 Å². The van der Waals surface area contributed by atoms with Crippen molar-refractivity contribution in [1.82, 2.24) is 5.32 Å². The molecule has 216 valence electrons. The van der Waals surface area contributed by atoms with E-state index in [1.807, 2.05) is 6.07 Å². The maximum absolute atomic E-state index is 13.1. The first-order valence-electron chi connectivity index (χ1n) is 13.2. The number of sulfone groups is 1. The van der Waals surface area contributed by atoms with Crippen molar-refractivity contribution in [2.45, 2.75) is 60.5 Å². The molecule has 1 aliphatic rings. The number of hydrogen-bond donors (Lipinski definition) is 2. The third kappa shape index (κ3) is 9.21. The highest BCUT2D eigenvalue weighted by Gasteiger charge is 2.19. The van der Waals surface area contributed by atoms with Crippen LogP contribution in [0, 0.1) is 0 Å². The average molecular weight is 609 g/mol. The van der Waals surface area contributed by atoms with E-state index in [0.29, 0.717) is 30.3 Å². The van der Waals surface area contributed by atoms with Gasteiger partial charge in [0.25, 0.3) is 0 Å². The maximum atomic E-state index is 13.1. The molecule has 4 rings (SSSR count). The van der Waals surface area contributed by atoms with Crippen LogP contribution in [-0.4, -0.2) is 45.3 Å². The summed E-state index contributed by atoms with van der Waals surface area (Å²) in [7, 11) is -3.70. The van der Waals surface area contributed by atoms with Crippen LogP contribution in [0.15, 0.2) is 82.6 Å². The van der Waals surface area contributed by atoms with Crippen molar-refractivity contribution < 1.29 is 27.8 Å². The molecule has 2 N–H and O–H groups in total. The second kappa shape index (κ2) is 15.4. The number of carbonyl (C=O) groups excluding carboxylic acids is 1. The zero-order valence-corrected chi connectivity index (χ0v) is 24.5. The lowest BCUT2D eigenvalue weighted by Gasteiger charge is -2.21. The normalized spacial score (nSPS) is 14.7. The van der Waals surface area contributed by atoms with Crippen LogP contribution in [0.5, 0.6) is 5.75 Å². The summed E-state index contributed by atoms with van der Waals surface area (Å²) in [5.74, 6) is -0.0101. The summed E-state index contributed by atoms with van der Waals surface area (Å²) in [4.78, 5) is 12.4. The lowest BCUT2D eigenvalue weighted by Crippen LogP contribution is -2.24. The highest BCUT2D eigenvalue weighted by atomic mass is 35.5. The van der Waals surface area contributed by atoms with E-state index in [2.05, 4.69) is 5.32 Å². The monoisotopic (exact) mass is 607 g/mol. The summed E-state index contributed by atoms with van der Waals surface area (Å²) in [6.07, 6.45) is 5.10. The number of halogens is 2. The molecule has 0 aromatic heterocycles. The Kier molecular flexibility index (Phi) is 12.3. The van der Waals surface area contributed by atoms with E-state index in [1.165, 1.54) is 18.6 Å². The number of esters is 1. The van der Waals surface area contributed by atoms with Crippen LogP contribution in [0.25, 0.3) is 0 Å². The van der Waals surface area contributed by atoms with Gasteiger partial charge in [0.05, 0.1) is 15.9 Å². The molecule has 7 nitrogen and oxygen atoms in total. The highest BCUT2D eigenvalue weighted by Crippen LogP contribution is 2.24. The molecule has 1 atom stereocenters. The number of nitrogens with one attached hydrogen (secondary N) is 1. The largest absolute Gasteiger partial charge is 0.482 e. The van der Waals surface area contributed by atoms with E-state index in [4.69, 9.17) is 21.1 Å². The fraction of sp³-hybridized carbons (Fsp3) is 0.367. The lowest BCUT2D eigenvalue weighted by atomic mass is 9.98. The van der Waals surface area contributed by atoms with Crippen LogP contribution < -0.4 is 10.1 Å². The summed E-state index contributed by atoms with van der Waals surface area (Å²) in [5.41, 5.74) is 1.73. The van der Waals surface area contributed by atoms with Gasteiger partial charge in [-0.1, -0.05) is 42.3 Å². The van der Waals surface area contributed by atoms with E-state index in [-0.39, 0.29) is 34.9 Å². The quantitative estimate of drug-likeness (QED) is 0.201. The molecule has 1 aliphatic carbocycles. The van der Waals surface area contributed by atoms with E-state index >= 15 is 0 Å². The van der Waals surface area contributed by atoms with E-state index in [0.717, 1.165) is 36.8 Å². The number of ether oxygens (including phenoxy) is 2. The Morgan fingerprint density at radius 3 is 2.27 bits per heavy atom. The number of aliphatic hydroxyl groups is 1. The molecule has 0 heterocycles.